The number of aromatic nitrogens is 2. The Morgan fingerprint density at radius 1 is 0.966 bits per heavy atom. The fourth-order valence-corrected chi connectivity index (χ4v) is 4.09. The van der Waals surface area contributed by atoms with E-state index in [0.29, 0.717) is 5.69 Å². The lowest BCUT2D eigenvalue weighted by molar-refractivity contribution is 0.0950. The maximum Gasteiger partial charge on any atom is 0.291 e. The molecule has 0 bridgehead atoms. The van der Waals surface area contributed by atoms with E-state index in [1.54, 1.807) is 23.6 Å². The number of benzene rings is 3. The Kier molecular flexibility index (Phi) is 4.38. The summed E-state index contributed by atoms with van der Waals surface area (Å²) in [6.45, 7) is 0. The van der Waals surface area contributed by atoms with E-state index >= 15 is 0 Å². The van der Waals surface area contributed by atoms with Crippen molar-refractivity contribution in [3.8, 4) is 10.6 Å². The highest BCUT2D eigenvalue weighted by Gasteiger charge is 2.11. The highest BCUT2D eigenvalue weighted by Crippen LogP contribution is 2.27. The van der Waals surface area contributed by atoms with Gasteiger partial charge in [0.15, 0.2) is 5.69 Å². The monoisotopic (exact) mass is 396 g/mol. The fourth-order valence-electron chi connectivity index (χ4n) is 3.40. The van der Waals surface area contributed by atoms with Crippen LogP contribution in [0, 0.1) is 0 Å². The minimum absolute atomic E-state index is 0.299. The number of nitrogens with zero attached hydrogens (tertiary/aromatic N) is 2. The Labute approximate surface area is 170 Å². The SMILES string of the molecule is O=C(N/N=C/c1c2ccccc2cc2ccccc12)c1cc(-c2cccs2)[nH]n1. The highest BCUT2D eigenvalue weighted by molar-refractivity contribution is 7.13. The van der Waals surface area contributed by atoms with E-state index in [1.165, 1.54) is 0 Å². The summed E-state index contributed by atoms with van der Waals surface area (Å²) < 4.78 is 0. The van der Waals surface area contributed by atoms with Crippen molar-refractivity contribution in [3.63, 3.8) is 0 Å². The van der Waals surface area contributed by atoms with Gasteiger partial charge in [-0.05, 0) is 45.1 Å². The van der Waals surface area contributed by atoms with Gasteiger partial charge in [-0.2, -0.15) is 10.2 Å². The van der Waals surface area contributed by atoms with Gasteiger partial charge in [-0.25, -0.2) is 5.43 Å². The quantitative estimate of drug-likeness (QED) is 0.249. The smallest absolute Gasteiger partial charge is 0.276 e. The first kappa shape index (κ1) is 17.3. The molecule has 2 heterocycles. The zero-order valence-corrected chi connectivity index (χ0v) is 16.1. The van der Waals surface area contributed by atoms with Crippen LogP contribution in [0.3, 0.4) is 0 Å². The van der Waals surface area contributed by atoms with Crippen molar-refractivity contribution in [1.29, 1.82) is 0 Å². The molecule has 0 fully saturated rings. The van der Waals surface area contributed by atoms with Gasteiger partial charge in [-0.3, -0.25) is 9.89 Å². The number of fused-ring (bicyclic) bond motifs is 2. The van der Waals surface area contributed by atoms with E-state index in [-0.39, 0.29) is 5.91 Å². The third-order valence-electron chi connectivity index (χ3n) is 4.77. The van der Waals surface area contributed by atoms with Crippen molar-refractivity contribution in [2.75, 3.05) is 0 Å². The van der Waals surface area contributed by atoms with Gasteiger partial charge in [0.2, 0.25) is 0 Å². The summed E-state index contributed by atoms with van der Waals surface area (Å²) in [6.07, 6.45) is 1.70. The van der Waals surface area contributed by atoms with E-state index in [0.717, 1.165) is 37.7 Å². The van der Waals surface area contributed by atoms with Crippen LogP contribution in [0.15, 0.2) is 83.3 Å². The van der Waals surface area contributed by atoms with Gasteiger partial charge in [0.25, 0.3) is 5.91 Å². The Morgan fingerprint density at radius 3 is 2.38 bits per heavy atom. The Bertz CT molecular complexity index is 1300. The third kappa shape index (κ3) is 3.30. The number of thiophene rings is 1. The number of rotatable bonds is 4. The zero-order chi connectivity index (χ0) is 19.6. The molecule has 0 saturated carbocycles. The number of hydrogen-bond acceptors (Lipinski definition) is 4. The lowest BCUT2D eigenvalue weighted by Gasteiger charge is -2.07. The first-order valence-corrected chi connectivity index (χ1v) is 10.0. The average molecular weight is 396 g/mol. The standard InChI is InChI=1S/C23H16N4OS/c28-23(21-13-20(25-26-21)22-10-5-11-29-22)27-24-14-19-17-8-3-1-6-15(17)12-16-7-2-4-9-18(16)19/h1-14H,(H,25,26)(H,27,28)/b24-14+. The molecule has 1 amide bonds. The molecular formula is C23H16N4OS. The van der Waals surface area contributed by atoms with E-state index in [1.807, 2.05) is 41.8 Å². The largest absolute Gasteiger partial charge is 0.291 e. The van der Waals surface area contributed by atoms with Crippen LogP contribution in [0.2, 0.25) is 0 Å². The van der Waals surface area contributed by atoms with Gasteiger partial charge in [0.05, 0.1) is 16.8 Å². The number of carbonyl (C=O) groups excluding carboxylic acids is 1. The van der Waals surface area contributed by atoms with Crippen molar-refractivity contribution < 1.29 is 4.79 Å². The molecule has 5 rings (SSSR count). The Hall–Kier alpha value is -3.77. The number of nitrogens with one attached hydrogen (secondary N) is 2. The van der Waals surface area contributed by atoms with Gasteiger partial charge in [-0.1, -0.05) is 54.6 Å². The number of carbonyl (C=O) groups is 1. The molecule has 5 nitrogen and oxygen atoms in total. The molecule has 0 aliphatic carbocycles. The summed E-state index contributed by atoms with van der Waals surface area (Å²) in [5.41, 5.74) is 4.67. The maximum atomic E-state index is 12.4. The first-order chi connectivity index (χ1) is 14.3. The van der Waals surface area contributed by atoms with Gasteiger partial charge in [-0.15, -0.1) is 11.3 Å². The van der Waals surface area contributed by atoms with E-state index in [4.69, 9.17) is 0 Å². The van der Waals surface area contributed by atoms with Gasteiger partial charge >= 0.3 is 0 Å². The van der Waals surface area contributed by atoms with Crippen LogP contribution in [0.25, 0.3) is 32.1 Å². The second-order valence-electron chi connectivity index (χ2n) is 6.58. The number of aromatic amines is 1. The van der Waals surface area contributed by atoms with E-state index < -0.39 is 0 Å². The predicted octanol–water partition coefficient (Wildman–Crippen LogP) is 5.21. The molecule has 2 N–H and O–H groups in total. The third-order valence-corrected chi connectivity index (χ3v) is 5.67. The van der Waals surface area contributed by atoms with Crippen LogP contribution >= 0.6 is 11.3 Å². The molecule has 0 aliphatic heterocycles. The summed E-state index contributed by atoms with van der Waals surface area (Å²) in [4.78, 5) is 13.5. The van der Waals surface area contributed by atoms with Crippen molar-refractivity contribution in [2.45, 2.75) is 0 Å². The normalized spacial score (nSPS) is 11.4. The molecule has 0 spiro atoms. The van der Waals surface area contributed by atoms with Crippen LogP contribution < -0.4 is 5.43 Å². The Balaban J connectivity index is 1.44. The van der Waals surface area contributed by atoms with Crippen LogP contribution in [0.1, 0.15) is 16.1 Å². The van der Waals surface area contributed by atoms with Crippen molar-refractivity contribution in [2.24, 2.45) is 5.10 Å². The number of hydrazone groups is 1. The fraction of sp³-hybridized carbons (Fsp3) is 0. The molecule has 2 aromatic heterocycles. The molecule has 0 unspecified atom stereocenters. The predicted molar refractivity (Wildman–Crippen MR) is 118 cm³/mol. The Morgan fingerprint density at radius 2 is 1.69 bits per heavy atom. The van der Waals surface area contributed by atoms with Crippen LogP contribution in [-0.2, 0) is 0 Å². The van der Waals surface area contributed by atoms with E-state index in [9.17, 15) is 4.79 Å². The minimum Gasteiger partial charge on any atom is -0.276 e. The second kappa shape index (κ2) is 7.33. The summed E-state index contributed by atoms with van der Waals surface area (Å²) in [5.74, 6) is -0.357. The molecule has 0 aliphatic rings. The molecular weight excluding hydrogens is 380 g/mol. The molecule has 0 atom stereocenters. The number of H-pyrrole nitrogens is 1. The van der Waals surface area contributed by atoms with Gasteiger partial charge in [0.1, 0.15) is 0 Å². The topological polar surface area (TPSA) is 70.1 Å². The zero-order valence-electron chi connectivity index (χ0n) is 15.3. The van der Waals surface area contributed by atoms with Crippen LogP contribution in [-0.4, -0.2) is 22.3 Å². The first-order valence-electron chi connectivity index (χ1n) is 9.13. The van der Waals surface area contributed by atoms with Crippen molar-refractivity contribution >= 4 is 45.0 Å². The number of amides is 1. The van der Waals surface area contributed by atoms with Gasteiger partial charge in [0, 0.05) is 5.56 Å². The molecule has 5 aromatic rings. The summed E-state index contributed by atoms with van der Waals surface area (Å²) in [7, 11) is 0. The summed E-state index contributed by atoms with van der Waals surface area (Å²) in [5, 5.41) is 17.6. The van der Waals surface area contributed by atoms with Gasteiger partial charge < -0.3 is 0 Å². The highest BCUT2D eigenvalue weighted by atomic mass is 32.1. The molecule has 0 radical (unpaired) electrons. The molecule has 0 saturated heterocycles. The van der Waals surface area contributed by atoms with Crippen molar-refractivity contribution in [1.82, 2.24) is 15.6 Å². The lowest BCUT2D eigenvalue weighted by Crippen LogP contribution is -2.18. The molecule has 6 heteroatoms. The minimum atomic E-state index is -0.357. The lowest BCUT2D eigenvalue weighted by atomic mass is 9.97. The molecule has 29 heavy (non-hydrogen) atoms. The molecule has 140 valence electrons. The van der Waals surface area contributed by atoms with Crippen molar-refractivity contribution in [3.05, 3.63) is 89.4 Å². The maximum absolute atomic E-state index is 12.4. The average Bonchev–Trinajstić information content (AvgIpc) is 3.45. The molecule has 3 aromatic carbocycles. The van der Waals surface area contributed by atoms with Crippen LogP contribution in [0.4, 0.5) is 0 Å². The summed E-state index contributed by atoms with van der Waals surface area (Å²) in [6, 6.07) is 24.1. The second-order valence-corrected chi connectivity index (χ2v) is 7.52. The number of hydrogen-bond donors (Lipinski definition) is 2. The summed E-state index contributed by atoms with van der Waals surface area (Å²) >= 11 is 1.59. The van der Waals surface area contributed by atoms with E-state index in [2.05, 4.69) is 51.1 Å². The van der Waals surface area contributed by atoms with Crippen LogP contribution in [0.5, 0.6) is 0 Å².